The lowest BCUT2D eigenvalue weighted by Crippen LogP contribution is -2.52. The van der Waals surface area contributed by atoms with Crippen molar-refractivity contribution in [3.05, 3.63) is 65.7 Å². The van der Waals surface area contributed by atoms with E-state index in [-0.39, 0.29) is 36.7 Å². The first-order chi connectivity index (χ1) is 17.6. The average molecular weight is 514 g/mol. The first-order valence-electron chi connectivity index (χ1n) is 12.9. The highest BCUT2D eigenvalue weighted by molar-refractivity contribution is 5.88. The fourth-order valence-electron chi connectivity index (χ4n) is 3.95. The van der Waals surface area contributed by atoms with E-state index < -0.39 is 24.1 Å². The Kier molecular flexibility index (Phi) is 12.6. The fourth-order valence-corrected chi connectivity index (χ4v) is 3.95. The van der Waals surface area contributed by atoms with Crippen LogP contribution in [0.1, 0.15) is 45.2 Å². The van der Waals surface area contributed by atoms with E-state index in [1.165, 1.54) is 0 Å². The normalized spacial score (nSPS) is 14.6. The Morgan fingerprint density at radius 2 is 1.57 bits per heavy atom. The van der Waals surface area contributed by atoms with Crippen LogP contribution in [0.2, 0.25) is 0 Å². The molecule has 2 aromatic rings. The quantitative estimate of drug-likeness (QED) is 0.290. The Bertz CT molecular complexity index is 950. The predicted octanol–water partition coefficient (Wildman–Crippen LogP) is 3.02. The van der Waals surface area contributed by atoms with Gasteiger partial charge in [-0.05, 0) is 41.5 Å². The second-order valence-corrected chi connectivity index (χ2v) is 10.1. The zero-order valence-corrected chi connectivity index (χ0v) is 22.6. The van der Waals surface area contributed by atoms with Gasteiger partial charge in [0.2, 0.25) is 11.8 Å². The van der Waals surface area contributed by atoms with Crippen molar-refractivity contribution < 1.29 is 24.2 Å². The predicted molar refractivity (Wildman–Crippen MR) is 145 cm³/mol. The summed E-state index contributed by atoms with van der Waals surface area (Å²) in [6.07, 6.45) is -0.743. The lowest BCUT2D eigenvalue weighted by molar-refractivity contribution is -0.134. The molecular weight excluding hydrogens is 470 g/mol. The summed E-state index contributed by atoms with van der Waals surface area (Å²) in [5.41, 5.74) is 8.11. The summed E-state index contributed by atoms with van der Waals surface area (Å²) in [7, 11) is 1.60. The molecule has 0 aliphatic carbocycles. The van der Waals surface area contributed by atoms with E-state index in [9.17, 15) is 14.7 Å². The molecule has 0 aliphatic rings. The molecule has 0 fully saturated rings. The number of aliphatic hydroxyl groups is 1. The second kappa shape index (κ2) is 15.3. The van der Waals surface area contributed by atoms with Crippen molar-refractivity contribution in [2.45, 2.75) is 65.5 Å². The first kappa shape index (κ1) is 30.3. The summed E-state index contributed by atoms with van der Waals surface area (Å²) in [5.74, 6) is -0.468. The number of methoxy groups -OCH3 is 1. The number of amides is 2. The highest BCUT2D eigenvalue weighted by Gasteiger charge is 2.32. The molecule has 2 amide bonds. The van der Waals surface area contributed by atoms with Crippen LogP contribution in [0.15, 0.2) is 54.6 Å². The van der Waals surface area contributed by atoms with E-state index in [1.54, 1.807) is 7.11 Å². The zero-order valence-electron chi connectivity index (χ0n) is 22.6. The van der Waals surface area contributed by atoms with Crippen molar-refractivity contribution in [2.75, 3.05) is 13.7 Å². The number of nitrogens with one attached hydrogen (secondary N) is 2. The van der Waals surface area contributed by atoms with Crippen molar-refractivity contribution >= 4 is 11.8 Å². The molecule has 37 heavy (non-hydrogen) atoms. The van der Waals surface area contributed by atoms with Crippen LogP contribution in [-0.2, 0) is 27.5 Å². The van der Waals surface area contributed by atoms with Gasteiger partial charge in [0.25, 0.3) is 0 Å². The third kappa shape index (κ3) is 10.1. The third-order valence-corrected chi connectivity index (χ3v) is 6.43. The summed E-state index contributed by atoms with van der Waals surface area (Å²) >= 11 is 0. The molecule has 2 unspecified atom stereocenters. The molecule has 0 bridgehead atoms. The van der Waals surface area contributed by atoms with Gasteiger partial charge < -0.3 is 30.9 Å². The molecule has 0 heterocycles. The van der Waals surface area contributed by atoms with Crippen LogP contribution in [0, 0.1) is 17.8 Å². The van der Waals surface area contributed by atoms with Crippen LogP contribution in [0.3, 0.4) is 0 Å². The molecule has 4 atom stereocenters. The maximum absolute atomic E-state index is 13.2. The molecule has 0 radical (unpaired) electrons. The lowest BCUT2D eigenvalue weighted by atomic mass is 9.87. The molecular formula is C29H43N3O5. The standard InChI is InChI=1S/C29H43N3O5/c1-19(2)24(15-26(33)25(30)18-37-17-22-9-7-6-8-10-22)28(34)32-27(20(3)4)29(35)31-16-21-11-13-23(36-5)14-12-21/h6-14,19-20,24-27,33H,15-18,30H2,1-5H3,(H,31,35)(H,32,34)/t24-,25?,26-,27?/m0/s1. The van der Waals surface area contributed by atoms with Gasteiger partial charge in [-0.3, -0.25) is 9.59 Å². The van der Waals surface area contributed by atoms with Crippen molar-refractivity contribution in [1.82, 2.24) is 10.6 Å². The number of carbonyl (C=O) groups excluding carboxylic acids is 2. The highest BCUT2D eigenvalue weighted by Crippen LogP contribution is 2.20. The summed E-state index contributed by atoms with van der Waals surface area (Å²) < 4.78 is 10.8. The molecule has 0 saturated carbocycles. The van der Waals surface area contributed by atoms with Crippen molar-refractivity contribution in [1.29, 1.82) is 0 Å². The van der Waals surface area contributed by atoms with Crippen LogP contribution in [0.4, 0.5) is 0 Å². The van der Waals surface area contributed by atoms with Gasteiger partial charge in [0.1, 0.15) is 11.8 Å². The molecule has 5 N–H and O–H groups in total. The maximum Gasteiger partial charge on any atom is 0.243 e. The van der Waals surface area contributed by atoms with Gasteiger partial charge in [0.05, 0.1) is 32.5 Å². The minimum absolute atomic E-state index is 0.0535. The zero-order chi connectivity index (χ0) is 27.4. The SMILES string of the molecule is COc1ccc(CNC(=O)C(NC(=O)[C@@H](C[C@H](O)C(N)COCc2ccccc2)C(C)C)C(C)C)cc1. The lowest BCUT2D eigenvalue weighted by Gasteiger charge is -2.29. The molecule has 0 spiro atoms. The van der Waals surface area contributed by atoms with E-state index in [1.807, 2.05) is 82.3 Å². The Hall–Kier alpha value is -2.94. The van der Waals surface area contributed by atoms with E-state index in [0.29, 0.717) is 13.2 Å². The topological polar surface area (TPSA) is 123 Å². The Morgan fingerprint density at radius 1 is 0.919 bits per heavy atom. The van der Waals surface area contributed by atoms with Crippen LogP contribution < -0.4 is 21.1 Å². The largest absolute Gasteiger partial charge is 0.497 e. The van der Waals surface area contributed by atoms with E-state index in [2.05, 4.69) is 10.6 Å². The van der Waals surface area contributed by atoms with E-state index in [4.69, 9.17) is 15.2 Å². The number of rotatable bonds is 15. The number of hydrogen-bond acceptors (Lipinski definition) is 6. The third-order valence-electron chi connectivity index (χ3n) is 6.43. The van der Waals surface area contributed by atoms with Crippen molar-refractivity contribution in [3.8, 4) is 5.75 Å². The number of nitrogens with two attached hydrogens (primary N) is 1. The Balaban J connectivity index is 1.91. The van der Waals surface area contributed by atoms with Gasteiger partial charge in [-0.15, -0.1) is 0 Å². The molecule has 8 heteroatoms. The monoisotopic (exact) mass is 513 g/mol. The number of aliphatic hydroxyl groups excluding tert-OH is 1. The first-order valence-corrected chi connectivity index (χ1v) is 12.9. The highest BCUT2D eigenvalue weighted by atomic mass is 16.5. The van der Waals surface area contributed by atoms with E-state index >= 15 is 0 Å². The van der Waals surface area contributed by atoms with Crippen molar-refractivity contribution in [3.63, 3.8) is 0 Å². The summed E-state index contributed by atoms with van der Waals surface area (Å²) in [4.78, 5) is 26.2. The molecule has 8 nitrogen and oxygen atoms in total. The van der Waals surface area contributed by atoms with Crippen LogP contribution >= 0.6 is 0 Å². The number of carbonyl (C=O) groups is 2. The average Bonchev–Trinajstić information content (AvgIpc) is 2.89. The van der Waals surface area contributed by atoms with Gasteiger partial charge in [0.15, 0.2) is 0 Å². The summed E-state index contributed by atoms with van der Waals surface area (Å²) in [6.45, 7) is 8.52. The van der Waals surface area contributed by atoms with Gasteiger partial charge in [-0.2, -0.15) is 0 Å². The second-order valence-electron chi connectivity index (χ2n) is 10.1. The van der Waals surface area contributed by atoms with Gasteiger partial charge in [0, 0.05) is 12.5 Å². The van der Waals surface area contributed by atoms with Gasteiger partial charge in [-0.25, -0.2) is 0 Å². The molecule has 2 rings (SSSR count). The molecule has 0 aromatic heterocycles. The number of ether oxygens (including phenoxy) is 2. The molecule has 204 valence electrons. The summed E-state index contributed by atoms with van der Waals surface area (Å²) in [6, 6.07) is 15.8. The Labute approximate surface area is 220 Å². The summed E-state index contributed by atoms with van der Waals surface area (Å²) in [5, 5.41) is 16.5. The van der Waals surface area contributed by atoms with E-state index in [0.717, 1.165) is 16.9 Å². The minimum atomic E-state index is -0.921. The van der Waals surface area contributed by atoms with Gasteiger partial charge >= 0.3 is 0 Å². The molecule has 2 aromatic carbocycles. The smallest absolute Gasteiger partial charge is 0.243 e. The van der Waals surface area contributed by atoms with Gasteiger partial charge in [-0.1, -0.05) is 70.2 Å². The number of hydrogen-bond donors (Lipinski definition) is 4. The van der Waals surface area contributed by atoms with Crippen molar-refractivity contribution in [2.24, 2.45) is 23.5 Å². The maximum atomic E-state index is 13.2. The fraction of sp³-hybridized carbons (Fsp3) is 0.517. The molecule has 0 aliphatic heterocycles. The molecule has 0 saturated heterocycles. The van der Waals surface area contributed by atoms with Crippen LogP contribution in [0.5, 0.6) is 5.75 Å². The van der Waals surface area contributed by atoms with Crippen LogP contribution in [-0.4, -0.2) is 48.8 Å². The minimum Gasteiger partial charge on any atom is -0.497 e. The Morgan fingerprint density at radius 3 is 2.14 bits per heavy atom. The van der Waals surface area contributed by atoms with Crippen LogP contribution in [0.25, 0.3) is 0 Å². The number of benzene rings is 2.